The lowest BCUT2D eigenvalue weighted by Crippen LogP contribution is -2.15. The Kier molecular flexibility index (Phi) is 4.64. The molecule has 7 heteroatoms. The summed E-state index contributed by atoms with van der Waals surface area (Å²) in [5, 5.41) is 2.74. The molecule has 0 aliphatic rings. The Labute approximate surface area is 130 Å². The monoisotopic (exact) mass is 351 g/mol. The summed E-state index contributed by atoms with van der Waals surface area (Å²) in [7, 11) is 3.07. The van der Waals surface area contributed by atoms with E-state index in [9.17, 15) is 4.79 Å². The highest BCUT2D eigenvalue weighted by atomic mass is 79.9. The van der Waals surface area contributed by atoms with E-state index >= 15 is 0 Å². The van der Waals surface area contributed by atoms with E-state index in [0.717, 1.165) is 0 Å². The fourth-order valence-electron chi connectivity index (χ4n) is 1.74. The molecule has 21 heavy (non-hydrogen) atoms. The van der Waals surface area contributed by atoms with Gasteiger partial charge < -0.3 is 20.5 Å². The highest BCUT2D eigenvalue weighted by Gasteiger charge is 2.13. The van der Waals surface area contributed by atoms with Gasteiger partial charge in [0.05, 0.1) is 19.8 Å². The predicted molar refractivity (Wildman–Crippen MR) is 83.8 cm³/mol. The van der Waals surface area contributed by atoms with Crippen molar-refractivity contribution in [3.05, 3.63) is 40.5 Å². The van der Waals surface area contributed by atoms with Crippen LogP contribution in [0.15, 0.2) is 34.9 Å². The lowest BCUT2D eigenvalue weighted by Gasteiger charge is -2.11. The number of carbonyl (C=O) groups is 1. The molecule has 2 rings (SSSR count). The van der Waals surface area contributed by atoms with Crippen LogP contribution in [0.1, 0.15) is 10.4 Å². The summed E-state index contributed by atoms with van der Waals surface area (Å²) in [5.41, 5.74) is 6.57. The van der Waals surface area contributed by atoms with Crippen LogP contribution in [0.5, 0.6) is 11.5 Å². The number of rotatable bonds is 4. The lowest BCUT2D eigenvalue weighted by molar-refractivity contribution is 0.102. The van der Waals surface area contributed by atoms with Crippen LogP contribution in [0, 0.1) is 0 Å². The molecule has 1 aromatic carbocycles. The van der Waals surface area contributed by atoms with Gasteiger partial charge in [0.2, 0.25) is 0 Å². The molecule has 1 heterocycles. The van der Waals surface area contributed by atoms with E-state index in [4.69, 9.17) is 15.2 Å². The molecule has 0 bridgehead atoms. The second-order valence-electron chi connectivity index (χ2n) is 4.11. The number of anilines is 2. The fraction of sp³-hybridized carbons (Fsp3) is 0.143. The zero-order valence-electron chi connectivity index (χ0n) is 11.5. The maximum Gasteiger partial charge on any atom is 0.259 e. The Hall–Kier alpha value is -2.28. The van der Waals surface area contributed by atoms with E-state index in [2.05, 4.69) is 26.2 Å². The number of halogens is 1. The summed E-state index contributed by atoms with van der Waals surface area (Å²) >= 11 is 3.26. The van der Waals surface area contributed by atoms with E-state index in [1.165, 1.54) is 13.3 Å². The van der Waals surface area contributed by atoms with Crippen molar-refractivity contribution in [3.63, 3.8) is 0 Å². The number of hydrogen-bond donors (Lipinski definition) is 2. The number of carbonyl (C=O) groups excluding carboxylic acids is 1. The van der Waals surface area contributed by atoms with Gasteiger partial charge in [-0.15, -0.1) is 0 Å². The number of amides is 1. The van der Waals surface area contributed by atoms with Gasteiger partial charge in [0, 0.05) is 22.4 Å². The number of methoxy groups -OCH3 is 2. The van der Waals surface area contributed by atoms with Crippen LogP contribution in [0.25, 0.3) is 0 Å². The molecule has 1 amide bonds. The standard InChI is InChI=1S/C14H14BrN3O3/c1-20-11-4-3-9(6-12(11)21-2)18-14(19)10-5-8(15)7-17-13(10)16/h3-7H,1-2H3,(H2,16,17)(H,18,19). The van der Waals surface area contributed by atoms with E-state index in [1.54, 1.807) is 31.4 Å². The molecule has 6 nitrogen and oxygen atoms in total. The number of hydrogen-bond acceptors (Lipinski definition) is 5. The number of nitrogens with two attached hydrogens (primary N) is 1. The second kappa shape index (κ2) is 6.45. The molecule has 3 N–H and O–H groups in total. The van der Waals surface area contributed by atoms with Crippen LogP contribution in [-0.4, -0.2) is 25.1 Å². The average molecular weight is 352 g/mol. The molecule has 110 valence electrons. The molecule has 0 fully saturated rings. The largest absolute Gasteiger partial charge is 0.493 e. The Morgan fingerprint density at radius 3 is 2.62 bits per heavy atom. The summed E-state index contributed by atoms with van der Waals surface area (Å²) in [4.78, 5) is 16.1. The van der Waals surface area contributed by atoms with Crippen LogP contribution in [0.3, 0.4) is 0 Å². The van der Waals surface area contributed by atoms with Crippen LogP contribution >= 0.6 is 15.9 Å². The topological polar surface area (TPSA) is 86.5 Å². The Bertz CT molecular complexity index is 677. The predicted octanol–water partition coefficient (Wildman–Crippen LogP) is 2.70. The van der Waals surface area contributed by atoms with Crippen molar-refractivity contribution in [2.75, 3.05) is 25.3 Å². The molecular formula is C14H14BrN3O3. The van der Waals surface area contributed by atoms with E-state index in [1.807, 2.05) is 0 Å². The number of ether oxygens (including phenoxy) is 2. The first kappa shape index (κ1) is 15.1. The Morgan fingerprint density at radius 1 is 1.24 bits per heavy atom. The maximum atomic E-state index is 12.2. The second-order valence-corrected chi connectivity index (χ2v) is 5.03. The van der Waals surface area contributed by atoms with Crippen LogP contribution in [-0.2, 0) is 0 Å². The van der Waals surface area contributed by atoms with Gasteiger partial charge in [-0.25, -0.2) is 4.98 Å². The van der Waals surface area contributed by atoms with Gasteiger partial charge in [-0.3, -0.25) is 4.79 Å². The molecule has 0 saturated carbocycles. The smallest absolute Gasteiger partial charge is 0.259 e. The first-order valence-corrected chi connectivity index (χ1v) is 6.79. The molecule has 0 saturated heterocycles. The maximum absolute atomic E-state index is 12.2. The van der Waals surface area contributed by atoms with Gasteiger partial charge in [-0.1, -0.05) is 0 Å². The van der Waals surface area contributed by atoms with Crippen molar-refractivity contribution in [1.82, 2.24) is 4.98 Å². The number of pyridine rings is 1. The van der Waals surface area contributed by atoms with Crippen molar-refractivity contribution in [2.45, 2.75) is 0 Å². The van der Waals surface area contributed by atoms with Gasteiger partial charge in [0.15, 0.2) is 11.5 Å². The number of benzene rings is 1. The molecule has 0 aliphatic heterocycles. The van der Waals surface area contributed by atoms with E-state index < -0.39 is 0 Å². The van der Waals surface area contributed by atoms with Gasteiger partial charge in [0.1, 0.15) is 5.82 Å². The lowest BCUT2D eigenvalue weighted by atomic mass is 10.2. The van der Waals surface area contributed by atoms with Crippen LogP contribution in [0.2, 0.25) is 0 Å². The number of nitrogen functional groups attached to an aromatic ring is 1. The summed E-state index contributed by atoms with van der Waals surface area (Å²) < 4.78 is 11.0. The van der Waals surface area contributed by atoms with Crippen molar-refractivity contribution >= 4 is 33.3 Å². The molecule has 0 radical (unpaired) electrons. The molecule has 1 aromatic heterocycles. The zero-order valence-corrected chi connectivity index (χ0v) is 13.1. The van der Waals surface area contributed by atoms with Crippen molar-refractivity contribution in [1.29, 1.82) is 0 Å². The zero-order chi connectivity index (χ0) is 15.4. The molecule has 2 aromatic rings. The number of nitrogens with one attached hydrogen (secondary N) is 1. The number of aromatic nitrogens is 1. The average Bonchev–Trinajstić information content (AvgIpc) is 2.49. The minimum Gasteiger partial charge on any atom is -0.493 e. The van der Waals surface area contributed by atoms with Crippen molar-refractivity contribution < 1.29 is 14.3 Å². The van der Waals surface area contributed by atoms with Gasteiger partial charge in [0.25, 0.3) is 5.91 Å². The third kappa shape index (κ3) is 3.43. The summed E-state index contributed by atoms with van der Waals surface area (Å²) in [6.07, 6.45) is 1.53. The first-order valence-electron chi connectivity index (χ1n) is 5.99. The SMILES string of the molecule is COc1ccc(NC(=O)c2cc(Br)cnc2N)cc1OC. The fourth-order valence-corrected chi connectivity index (χ4v) is 2.08. The van der Waals surface area contributed by atoms with E-state index in [0.29, 0.717) is 27.2 Å². The number of nitrogens with zero attached hydrogens (tertiary/aromatic N) is 1. The summed E-state index contributed by atoms with van der Waals surface area (Å²) in [5.74, 6) is 0.916. The Balaban J connectivity index is 2.25. The van der Waals surface area contributed by atoms with E-state index in [-0.39, 0.29) is 11.7 Å². The highest BCUT2D eigenvalue weighted by Crippen LogP contribution is 2.30. The first-order chi connectivity index (χ1) is 10.0. The van der Waals surface area contributed by atoms with Crippen LogP contribution < -0.4 is 20.5 Å². The summed E-state index contributed by atoms with van der Waals surface area (Å²) in [6, 6.07) is 6.69. The third-order valence-corrected chi connectivity index (χ3v) is 3.20. The van der Waals surface area contributed by atoms with Gasteiger partial charge in [-0.05, 0) is 34.1 Å². The van der Waals surface area contributed by atoms with Crippen molar-refractivity contribution in [3.8, 4) is 11.5 Å². The third-order valence-electron chi connectivity index (χ3n) is 2.77. The molecule has 0 atom stereocenters. The molecule has 0 aliphatic carbocycles. The normalized spacial score (nSPS) is 10.0. The Morgan fingerprint density at radius 2 is 1.95 bits per heavy atom. The quantitative estimate of drug-likeness (QED) is 0.884. The molecular weight excluding hydrogens is 338 g/mol. The summed E-state index contributed by atoms with van der Waals surface area (Å²) in [6.45, 7) is 0. The van der Waals surface area contributed by atoms with Gasteiger partial charge in [-0.2, -0.15) is 0 Å². The van der Waals surface area contributed by atoms with Crippen molar-refractivity contribution in [2.24, 2.45) is 0 Å². The minimum atomic E-state index is -0.353. The highest BCUT2D eigenvalue weighted by molar-refractivity contribution is 9.10. The molecule has 0 unspecified atom stereocenters. The van der Waals surface area contributed by atoms with Gasteiger partial charge >= 0.3 is 0 Å². The molecule has 0 spiro atoms. The van der Waals surface area contributed by atoms with Crippen LogP contribution in [0.4, 0.5) is 11.5 Å². The minimum absolute atomic E-state index is 0.163.